The zero-order chi connectivity index (χ0) is 16.9. The zero-order valence-corrected chi connectivity index (χ0v) is 14.6. The van der Waals surface area contributed by atoms with Gasteiger partial charge < -0.3 is 14.9 Å². The highest BCUT2D eigenvalue weighted by molar-refractivity contribution is 5.80. The Morgan fingerprint density at radius 2 is 1.79 bits per heavy atom. The molecule has 0 aromatic carbocycles. The van der Waals surface area contributed by atoms with Crippen LogP contribution in [0.25, 0.3) is 0 Å². The number of hydrogen-bond donors (Lipinski definition) is 1. The van der Waals surface area contributed by atoms with Gasteiger partial charge in [-0.15, -0.1) is 0 Å². The number of β-amino-alcohol motifs (C(OH)–C–C–N with tert-alkyl or cyclic N) is 1. The average molecular weight is 334 g/mol. The molecule has 3 aliphatic rings. The van der Waals surface area contributed by atoms with Gasteiger partial charge in [0.1, 0.15) is 0 Å². The van der Waals surface area contributed by atoms with Crippen molar-refractivity contribution in [1.29, 1.82) is 0 Å². The molecule has 1 aliphatic carbocycles. The molecule has 2 aliphatic heterocycles. The fourth-order valence-electron chi connectivity index (χ4n) is 4.31. The summed E-state index contributed by atoms with van der Waals surface area (Å²) in [6.45, 7) is 2.03. The molecule has 0 spiro atoms. The van der Waals surface area contributed by atoms with Gasteiger partial charge in [-0.2, -0.15) is 0 Å². The lowest BCUT2D eigenvalue weighted by molar-refractivity contribution is -0.134. The second-order valence-electron chi connectivity index (χ2n) is 7.43. The van der Waals surface area contributed by atoms with Gasteiger partial charge in [-0.3, -0.25) is 9.59 Å². The van der Waals surface area contributed by atoms with Crippen molar-refractivity contribution in [1.82, 2.24) is 9.80 Å². The molecule has 2 fully saturated rings. The van der Waals surface area contributed by atoms with Crippen LogP contribution >= 0.6 is 0 Å². The highest BCUT2D eigenvalue weighted by Crippen LogP contribution is 2.35. The average Bonchev–Trinajstić information content (AvgIpc) is 2.61. The van der Waals surface area contributed by atoms with E-state index in [2.05, 4.69) is 6.08 Å². The van der Waals surface area contributed by atoms with E-state index in [-0.39, 0.29) is 17.9 Å². The van der Waals surface area contributed by atoms with Gasteiger partial charge in [0.15, 0.2) is 0 Å². The highest BCUT2D eigenvalue weighted by Gasteiger charge is 2.30. The Labute approximate surface area is 144 Å². The first kappa shape index (κ1) is 17.5. The summed E-state index contributed by atoms with van der Waals surface area (Å²) in [5, 5.41) is 9.66. The van der Waals surface area contributed by atoms with Gasteiger partial charge in [-0.05, 0) is 57.3 Å². The summed E-state index contributed by atoms with van der Waals surface area (Å²) < 4.78 is 0. The number of hydrogen-bond acceptors (Lipinski definition) is 3. The third-order valence-electron chi connectivity index (χ3n) is 5.61. The maximum Gasteiger partial charge on any atom is 0.226 e. The molecular weight excluding hydrogens is 304 g/mol. The Kier molecular flexibility index (Phi) is 5.93. The van der Waals surface area contributed by atoms with Gasteiger partial charge in [0, 0.05) is 38.2 Å². The number of likely N-dealkylation sites (tertiary alicyclic amines) is 2. The van der Waals surface area contributed by atoms with Gasteiger partial charge in [-0.1, -0.05) is 6.08 Å². The molecule has 3 rings (SSSR count). The first-order valence-electron chi connectivity index (χ1n) is 9.61. The lowest BCUT2D eigenvalue weighted by Gasteiger charge is -2.38. The summed E-state index contributed by atoms with van der Waals surface area (Å²) >= 11 is 0. The first-order chi connectivity index (χ1) is 11.6. The minimum absolute atomic E-state index is 0.0787. The Morgan fingerprint density at radius 1 is 1.04 bits per heavy atom. The molecule has 0 radical (unpaired) electrons. The number of aliphatic hydroxyl groups is 1. The topological polar surface area (TPSA) is 60.9 Å². The van der Waals surface area contributed by atoms with E-state index in [4.69, 9.17) is 0 Å². The third-order valence-corrected chi connectivity index (χ3v) is 5.61. The van der Waals surface area contributed by atoms with Crippen LogP contribution in [0.3, 0.4) is 0 Å². The third kappa shape index (κ3) is 4.18. The van der Waals surface area contributed by atoms with Crippen LogP contribution in [0.4, 0.5) is 0 Å². The molecule has 2 atom stereocenters. The number of carbonyl (C=O) groups excluding carboxylic acids is 2. The molecule has 5 nitrogen and oxygen atoms in total. The smallest absolute Gasteiger partial charge is 0.226 e. The highest BCUT2D eigenvalue weighted by atomic mass is 16.3. The van der Waals surface area contributed by atoms with Crippen molar-refractivity contribution in [3.8, 4) is 0 Å². The lowest BCUT2D eigenvalue weighted by Crippen LogP contribution is -2.42. The van der Waals surface area contributed by atoms with Gasteiger partial charge in [0.05, 0.1) is 6.10 Å². The number of piperidine rings is 2. The molecule has 2 unspecified atom stereocenters. The van der Waals surface area contributed by atoms with E-state index in [1.54, 1.807) is 4.90 Å². The van der Waals surface area contributed by atoms with E-state index < -0.39 is 0 Å². The van der Waals surface area contributed by atoms with E-state index in [9.17, 15) is 14.7 Å². The maximum atomic E-state index is 12.6. The van der Waals surface area contributed by atoms with Crippen molar-refractivity contribution in [2.75, 3.05) is 19.6 Å². The summed E-state index contributed by atoms with van der Waals surface area (Å²) in [4.78, 5) is 28.5. The SMILES string of the molecule is O=C(CCCC(=O)N1CCCC2CCCC=C21)N1CCCC(O)C1. The van der Waals surface area contributed by atoms with Crippen molar-refractivity contribution in [3.05, 3.63) is 11.8 Å². The minimum Gasteiger partial charge on any atom is -0.391 e. The quantitative estimate of drug-likeness (QED) is 0.859. The number of allylic oxidation sites excluding steroid dienone is 2. The molecule has 0 saturated carbocycles. The Morgan fingerprint density at radius 3 is 2.62 bits per heavy atom. The summed E-state index contributed by atoms with van der Waals surface area (Å²) in [7, 11) is 0. The Balaban J connectivity index is 1.45. The summed E-state index contributed by atoms with van der Waals surface area (Å²) in [5.74, 6) is 0.835. The molecule has 2 amide bonds. The molecule has 5 heteroatoms. The van der Waals surface area contributed by atoms with Crippen molar-refractivity contribution in [2.45, 2.75) is 70.3 Å². The second kappa shape index (κ2) is 8.15. The van der Waals surface area contributed by atoms with Crippen LogP contribution in [-0.2, 0) is 9.59 Å². The number of nitrogens with zero attached hydrogens (tertiary/aromatic N) is 2. The van der Waals surface area contributed by atoms with Crippen molar-refractivity contribution in [3.63, 3.8) is 0 Å². The van der Waals surface area contributed by atoms with E-state index in [1.807, 2.05) is 4.90 Å². The van der Waals surface area contributed by atoms with E-state index in [0.29, 0.717) is 31.7 Å². The molecule has 2 heterocycles. The van der Waals surface area contributed by atoms with Crippen LogP contribution in [0.2, 0.25) is 0 Å². The number of amides is 2. The summed E-state index contributed by atoms with van der Waals surface area (Å²) in [5.41, 5.74) is 1.25. The van der Waals surface area contributed by atoms with Crippen LogP contribution in [0.5, 0.6) is 0 Å². The number of aliphatic hydroxyl groups excluding tert-OH is 1. The van der Waals surface area contributed by atoms with E-state index >= 15 is 0 Å². The standard InChI is InChI=1S/C19H30N2O3/c22-16-8-5-12-20(14-16)18(23)10-3-11-19(24)21-13-4-7-15-6-1-2-9-17(15)21/h9,15-16,22H,1-8,10-14H2. The van der Waals surface area contributed by atoms with Crippen LogP contribution in [0, 0.1) is 5.92 Å². The Hall–Kier alpha value is -1.36. The predicted octanol–water partition coefficient (Wildman–Crippen LogP) is 2.45. The van der Waals surface area contributed by atoms with E-state index in [1.165, 1.54) is 25.0 Å². The fraction of sp³-hybridized carbons (Fsp3) is 0.789. The van der Waals surface area contributed by atoms with Crippen molar-refractivity contribution >= 4 is 11.8 Å². The van der Waals surface area contributed by atoms with Crippen LogP contribution in [0.1, 0.15) is 64.2 Å². The maximum absolute atomic E-state index is 12.6. The number of rotatable bonds is 4. The van der Waals surface area contributed by atoms with Crippen molar-refractivity contribution < 1.29 is 14.7 Å². The van der Waals surface area contributed by atoms with Gasteiger partial charge in [0.25, 0.3) is 0 Å². The molecule has 2 saturated heterocycles. The predicted molar refractivity (Wildman–Crippen MR) is 92.0 cm³/mol. The summed E-state index contributed by atoms with van der Waals surface area (Å²) in [6.07, 6.45) is 10.9. The first-order valence-corrected chi connectivity index (χ1v) is 9.61. The van der Waals surface area contributed by atoms with Gasteiger partial charge in [-0.25, -0.2) is 0 Å². The molecule has 134 valence electrons. The van der Waals surface area contributed by atoms with Crippen molar-refractivity contribution in [2.24, 2.45) is 5.92 Å². The number of carbonyl (C=O) groups is 2. The lowest BCUT2D eigenvalue weighted by atomic mass is 9.85. The monoisotopic (exact) mass is 334 g/mol. The van der Waals surface area contributed by atoms with Gasteiger partial charge in [0.2, 0.25) is 11.8 Å². The minimum atomic E-state index is -0.382. The largest absolute Gasteiger partial charge is 0.391 e. The molecule has 0 bridgehead atoms. The Bertz CT molecular complexity index is 503. The fourth-order valence-corrected chi connectivity index (χ4v) is 4.31. The molecular formula is C19H30N2O3. The van der Waals surface area contributed by atoms with Crippen LogP contribution < -0.4 is 0 Å². The van der Waals surface area contributed by atoms with Gasteiger partial charge >= 0.3 is 0 Å². The zero-order valence-electron chi connectivity index (χ0n) is 14.6. The van der Waals surface area contributed by atoms with Crippen LogP contribution in [0.15, 0.2) is 11.8 Å². The molecule has 0 aromatic rings. The second-order valence-corrected chi connectivity index (χ2v) is 7.43. The van der Waals surface area contributed by atoms with Crippen LogP contribution in [-0.4, -0.2) is 52.5 Å². The summed E-state index contributed by atoms with van der Waals surface area (Å²) in [6, 6.07) is 0. The molecule has 24 heavy (non-hydrogen) atoms. The molecule has 0 aromatic heterocycles. The number of fused-ring (bicyclic) bond motifs is 1. The normalized spacial score (nSPS) is 27.5. The molecule has 1 N–H and O–H groups in total. The van der Waals surface area contributed by atoms with E-state index in [0.717, 1.165) is 38.8 Å².